The van der Waals surface area contributed by atoms with Gasteiger partial charge < -0.3 is 5.32 Å². The first kappa shape index (κ1) is 15.2. The van der Waals surface area contributed by atoms with Gasteiger partial charge in [0.05, 0.1) is 10.0 Å². The standard InChI is InChI=1S/C16H23Cl2N/c1-12(14-9-4-10-15(17)16(14)18)19-11-5-8-13-6-2-3-7-13/h4,9-10,12-13,19H,2-3,5-8,11H2,1H3. The summed E-state index contributed by atoms with van der Waals surface area (Å²) in [6.07, 6.45) is 8.38. The Kier molecular flexibility index (Phi) is 6.00. The van der Waals surface area contributed by atoms with Crippen molar-refractivity contribution in [1.82, 2.24) is 5.32 Å². The first-order chi connectivity index (χ1) is 9.18. The van der Waals surface area contributed by atoms with Crippen molar-refractivity contribution < 1.29 is 0 Å². The molecule has 1 N–H and O–H groups in total. The molecule has 1 unspecified atom stereocenters. The van der Waals surface area contributed by atoms with E-state index in [0.717, 1.165) is 18.0 Å². The fourth-order valence-electron chi connectivity index (χ4n) is 2.97. The molecule has 106 valence electrons. The molecule has 0 aromatic heterocycles. The monoisotopic (exact) mass is 299 g/mol. The van der Waals surface area contributed by atoms with Crippen molar-refractivity contribution in [3.05, 3.63) is 33.8 Å². The van der Waals surface area contributed by atoms with Gasteiger partial charge in [0.2, 0.25) is 0 Å². The normalized spacial score (nSPS) is 17.8. The average molecular weight is 300 g/mol. The molecule has 0 radical (unpaired) electrons. The minimum atomic E-state index is 0.259. The van der Waals surface area contributed by atoms with Crippen LogP contribution in [0.3, 0.4) is 0 Å². The van der Waals surface area contributed by atoms with Crippen LogP contribution in [0.2, 0.25) is 10.0 Å². The molecule has 1 aliphatic rings. The van der Waals surface area contributed by atoms with Gasteiger partial charge in [-0.25, -0.2) is 0 Å². The molecule has 1 aromatic carbocycles. The smallest absolute Gasteiger partial charge is 0.0639 e. The number of hydrogen-bond donors (Lipinski definition) is 1. The SMILES string of the molecule is CC(NCCCC1CCCC1)c1cccc(Cl)c1Cl. The summed E-state index contributed by atoms with van der Waals surface area (Å²) < 4.78 is 0. The molecule has 3 heteroatoms. The number of benzene rings is 1. The highest BCUT2D eigenvalue weighted by molar-refractivity contribution is 6.42. The van der Waals surface area contributed by atoms with Crippen molar-refractivity contribution in [2.45, 2.75) is 51.5 Å². The minimum Gasteiger partial charge on any atom is -0.310 e. The summed E-state index contributed by atoms with van der Waals surface area (Å²) >= 11 is 12.3. The molecule has 1 aromatic rings. The zero-order valence-electron chi connectivity index (χ0n) is 11.6. The van der Waals surface area contributed by atoms with E-state index in [1.54, 1.807) is 0 Å². The average Bonchev–Trinajstić information content (AvgIpc) is 2.91. The lowest BCUT2D eigenvalue weighted by Crippen LogP contribution is -2.20. The predicted molar refractivity (Wildman–Crippen MR) is 84.1 cm³/mol. The van der Waals surface area contributed by atoms with E-state index < -0.39 is 0 Å². The Bertz CT molecular complexity index is 400. The third-order valence-electron chi connectivity index (χ3n) is 4.16. The maximum Gasteiger partial charge on any atom is 0.0639 e. The van der Waals surface area contributed by atoms with Crippen LogP contribution < -0.4 is 5.32 Å². The number of hydrogen-bond acceptors (Lipinski definition) is 1. The van der Waals surface area contributed by atoms with Crippen LogP contribution in [0.25, 0.3) is 0 Å². The molecule has 19 heavy (non-hydrogen) atoms. The van der Waals surface area contributed by atoms with Gasteiger partial charge >= 0.3 is 0 Å². The van der Waals surface area contributed by atoms with Crippen LogP contribution in [0.5, 0.6) is 0 Å². The number of halogens is 2. The van der Waals surface area contributed by atoms with Crippen LogP contribution in [0.1, 0.15) is 57.1 Å². The first-order valence-electron chi connectivity index (χ1n) is 7.35. The Morgan fingerprint density at radius 3 is 2.74 bits per heavy atom. The van der Waals surface area contributed by atoms with Gasteiger partial charge in [-0.2, -0.15) is 0 Å². The van der Waals surface area contributed by atoms with Crippen LogP contribution in [-0.4, -0.2) is 6.54 Å². The molecular weight excluding hydrogens is 277 g/mol. The van der Waals surface area contributed by atoms with Crippen molar-refractivity contribution in [2.75, 3.05) is 6.54 Å². The highest BCUT2D eigenvalue weighted by Gasteiger charge is 2.15. The van der Waals surface area contributed by atoms with Gasteiger partial charge in [0.1, 0.15) is 0 Å². The van der Waals surface area contributed by atoms with Crippen LogP contribution in [0, 0.1) is 5.92 Å². The van der Waals surface area contributed by atoms with Crippen LogP contribution in [0.4, 0.5) is 0 Å². The molecule has 0 aliphatic heterocycles. The molecule has 0 spiro atoms. The lowest BCUT2D eigenvalue weighted by atomic mass is 10.0. The number of nitrogens with one attached hydrogen (secondary N) is 1. The second kappa shape index (κ2) is 7.52. The molecule has 0 heterocycles. The zero-order valence-corrected chi connectivity index (χ0v) is 13.1. The van der Waals surface area contributed by atoms with E-state index in [4.69, 9.17) is 23.2 Å². The molecule has 0 bridgehead atoms. The molecule has 1 fully saturated rings. The maximum atomic E-state index is 6.23. The molecular formula is C16H23Cl2N. The van der Waals surface area contributed by atoms with Crippen LogP contribution in [0.15, 0.2) is 18.2 Å². The topological polar surface area (TPSA) is 12.0 Å². The van der Waals surface area contributed by atoms with E-state index in [2.05, 4.69) is 12.2 Å². The third kappa shape index (κ3) is 4.37. The Morgan fingerprint density at radius 1 is 1.26 bits per heavy atom. The van der Waals surface area contributed by atoms with E-state index in [9.17, 15) is 0 Å². The molecule has 1 aliphatic carbocycles. The van der Waals surface area contributed by atoms with Crippen LogP contribution >= 0.6 is 23.2 Å². The number of rotatable bonds is 6. The third-order valence-corrected chi connectivity index (χ3v) is 5.00. The molecule has 1 atom stereocenters. The zero-order chi connectivity index (χ0) is 13.7. The van der Waals surface area contributed by atoms with Gasteiger partial charge in [-0.3, -0.25) is 0 Å². The van der Waals surface area contributed by atoms with Gasteiger partial charge in [0.15, 0.2) is 0 Å². The van der Waals surface area contributed by atoms with Gasteiger partial charge in [-0.15, -0.1) is 0 Å². The minimum absolute atomic E-state index is 0.259. The van der Waals surface area contributed by atoms with Crippen LogP contribution in [-0.2, 0) is 0 Å². The molecule has 1 nitrogen and oxygen atoms in total. The lowest BCUT2D eigenvalue weighted by molar-refractivity contribution is 0.456. The summed E-state index contributed by atoms with van der Waals surface area (Å²) in [5, 5.41) is 4.87. The Hall–Kier alpha value is -0.240. The second-order valence-electron chi connectivity index (χ2n) is 5.61. The largest absolute Gasteiger partial charge is 0.310 e. The van der Waals surface area contributed by atoms with Gasteiger partial charge in [0.25, 0.3) is 0 Å². The fraction of sp³-hybridized carbons (Fsp3) is 0.625. The van der Waals surface area contributed by atoms with Crippen molar-refractivity contribution in [2.24, 2.45) is 5.92 Å². The summed E-state index contributed by atoms with van der Waals surface area (Å²) in [4.78, 5) is 0. The highest BCUT2D eigenvalue weighted by atomic mass is 35.5. The fourth-order valence-corrected chi connectivity index (χ4v) is 3.44. The van der Waals surface area contributed by atoms with Crippen molar-refractivity contribution in [3.8, 4) is 0 Å². The van der Waals surface area contributed by atoms with Gasteiger partial charge in [0, 0.05) is 6.04 Å². The van der Waals surface area contributed by atoms with Crippen molar-refractivity contribution >= 4 is 23.2 Å². The summed E-state index contributed by atoms with van der Waals surface area (Å²) in [5.41, 5.74) is 1.09. The summed E-state index contributed by atoms with van der Waals surface area (Å²) in [6, 6.07) is 6.10. The van der Waals surface area contributed by atoms with Gasteiger partial charge in [-0.05, 0) is 43.9 Å². The Morgan fingerprint density at radius 2 is 2.00 bits per heavy atom. The summed E-state index contributed by atoms with van der Waals surface area (Å²) in [7, 11) is 0. The van der Waals surface area contributed by atoms with E-state index >= 15 is 0 Å². The molecule has 1 saturated carbocycles. The first-order valence-corrected chi connectivity index (χ1v) is 8.11. The van der Waals surface area contributed by atoms with E-state index in [1.807, 2.05) is 18.2 Å². The van der Waals surface area contributed by atoms with Crippen molar-refractivity contribution in [3.63, 3.8) is 0 Å². The summed E-state index contributed by atoms with van der Waals surface area (Å²) in [6.45, 7) is 3.20. The van der Waals surface area contributed by atoms with E-state index in [1.165, 1.54) is 38.5 Å². The molecule has 0 amide bonds. The van der Waals surface area contributed by atoms with E-state index in [0.29, 0.717) is 10.0 Å². The maximum absolute atomic E-state index is 6.23. The lowest BCUT2D eigenvalue weighted by Gasteiger charge is -2.17. The summed E-state index contributed by atoms with van der Waals surface area (Å²) in [5.74, 6) is 0.979. The quantitative estimate of drug-likeness (QED) is 0.673. The molecule has 0 saturated heterocycles. The Labute approximate surface area is 126 Å². The predicted octanol–water partition coefficient (Wildman–Crippen LogP) is 5.61. The van der Waals surface area contributed by atoms with Gasteiger partial charge in [-0.1, -0.05) is 61.0 Å². The second-order valence-corrected chi connectivity index (χ2v) is 6.40. The van der Waals surface area contributed by atoms with E-state index in [-0.39, 0.29) is 6.04 Å². The molecule has 2 rings (SSSR count). The highest BCUT2D eigenvalue weighted by Crippen LogP contribution is 2.30. The van der Waals surface area contributed by atoms with Crippen molar-refractivity contribution in [1.29, 1.82) is 0 Å². The Balaban J connectivity index is 1.74.